The van der Waals surface area contributed by atoms with E-state index in [9.17, 15) is 0 Å². The van der Waals surface area contributed by atoms with Crippen LogP contribution in [0.25, 0.3) is 66.1 Å². The van der Waals surface area contributed by atoms with Gasteiger partial charge in [0.25, 0.3) is 0 Å². The molecule has 1 heteroatoms. The molecule has 9 aromatic carbocycles. The van der Waals surface area contributed by atoms with Gasteiger partial charge >= 0.3 is 0 Å². The van der Waals surface area contributed by atoms with E-state index in [1.807, 2.05) is 0 Å². The molecule has 0 saturated heterocycles. The van der Waals surface area contributed by atoms with Crippen molar-refractivity contribution in [3.8, 4) is 44.5 Å². The van der Waals surface area contributed by atoms with Crippen LogP contribution in [-0.4, -0.2) is 0 Å². The molecule has 0 atom stereocenters. The van der Waals surface area contributed by atoms with Gasteiger partial charge < -0.3 is 4.90 Å². The van der Waals surface area contributed by atoms with E-state index < -0.39 is 0 Å². The summed E-state index contributed by atoms with van der Waals surface area (Å²) in [5.74, 6) is 0. The Morgan fingerprint density at radius 3 is 1.83 bits per heavy atom. The van der Waals surface area contributed by atoms with Crippen molar-refractivity contribution >= 4 is 38.6 Å². The number of fused-ring (bicyclic) bond motifs is 11. The zero-order valence-electron chi connectivity index (χ0n) is 34.4. The van der Waals surface area contributed by atoms with E-state index in [0.29, 0.717) is 0 Å². The maximum absolute atomic E-state index is 2.55. The fraction of sp³-hybridized carbons (Fsp3) is 0.153. The smallest absolute Gasteiger partial charge is 0.0467 e. The molecular weight excluding hydrogens is 723 g/mol. The summed E-state index contributed by atoms with van der Waals surface area (Å²) in [6.45, 7) is 4.78. The summed E-state index contributed by atoms with van der Waals surface area (Å²) in [6.07, 6.45) is 6.30. The second-order valence-corrected chi connectivity index (χ2v) is 18.0. The Balaban J connectivity index is 1.00. The minimum Gasteiger partial charge on any atom is -0.310 e. The van der Waals surface area contributed by atoms with Crippen LogP contribution < -0.4 is 4.90 Å². The predicted molar refractivity (Wildman–Crippen MR) is 254 cm³/mol. The lowest BCUT2D eigenvalue weighted by molar-refractivity contribution is 0.353. The van der Waals surface area contributed by atoms with Crippen molar-refractivity contribution < 1.29 is 0 Å². The Hall–Kier alpha value is -6.70. The third-order valence-corrected chi connectivity index (χ3v) is 14.4. The average Bonchev–Trinajstić information content (AvgIpc) is 3.70. The fourth-order valence-corrected chi connectivity index (χ4v) is 11.6. The van der Waals surface area contributed by atoms with Crippen molar-refractivity contribution in [2.45, 2.75) is 56.8 Å². The van der Waals surface area contributed by atoms with Crippen LogP contribution in [0.3, 0.4) is 0 Å². The van der Waals surface area contributed by atoms with Crippen molar-refractivity contribution in [3.05, 3.63) is 210 Å². The van der Waals surface area contributed by atoms with Crippen LogP contribution in [0.15, 0.2) is 188 Å². The highest BCUT2D eigenvalue weighted by atomic mass is 15.1. The van der Waals surface area contributed by atoms with Crippen molar-refractivity contribution in [1.82, 2.24) is 0 Å². The standard InChI is InChI=1S/C59H47N/c1-58(2)54-22-8-6-19-51(54)53-21-13-20-49(57(53)58)42-15-12-16-45(37-42)60(46-31-33-52-50-18-7-9-23-55(50)59(56(52)38-46)34-10-3-11-35-59)44-29-26-39(27-30-44)41-28-32-48-43(36-41)25-24-40-14-4-5-17-47(40)48/h4-9,12-33,36-38H,3,10-11,34-35H2,1-2H3. The number of anilines is 3. The van der Waals surface area contributed by atoms with E-state index in [-0.39, 0.29) is 10.8 Å². The SMILES string of the molecule is CC1(C)c2ccccc2-c2cccc(-c3cccc(N(c4ccc(-c5ccc6c(ccc7ccccc76)c5)cc4)c4ccc5c(c4)C4(CCCCC4)c4ccccc4-5)c3)c21. The molecule has 3 aliphatic rings. The van der Waals surface area contributed by atoms with Gasteiger partial charge in [-0.25, -0.2) is 0 Å². The van der Waals surface area contributed by atoms with Crippen molar-refractivity contribution in [2.75, 3.05) is 4.90 Å². The highest BCUT2D eigenvalue weighted by molar-refractivity contribution is 6.08. The third kappa shape index (κ3) is 5.25. The van der Waals surface area contributed by atoms with Crippen molar-refractivity contribution in [3.63, 3.8) is 0 Å². The van der Waals surface area contributed by atoms with Crippen molar-refractivity contribution in [1.29, 1.82) is 0 Å². The van der Waals surface area contributed by atoms with Crippen LogP contribution in [0.5, 0.6) is 0 Å². The Kier molecular flexibility index (Phi) is 7.88. The molecule has 60 heavy (non-hydrogen) atoms. The Morgan fingerprint density at radius 2 is 0.983 bits per heavy atom. The summed E-state index contributed by atoms with van der Waals surface area (Å²) in [5, 5.41) is 5.14. The zero-order valence-corrected chi connectivity index (χ0v) is 34.4. The normalized spacial score (nSPS) is 15.4. The lowest BCUT2D eigenvalue weighted by atomic mass is 9.68. The van der Waals surface area contributed by atoms with Gasteiger partial charge in [-0.1, -0.05) is 179 Å². The number of benzene rings is 9. The van der Waals surface area contributed by atoms with E-state index in [0.717, 1.165) is 11.4 Å². The fourth-order valence-electron chi connectivity index (χ4n) is 11.6. The van der Waals surface area contributed by atoms with E-state index in [1.165, 1.54) is 126 Å². The second-order valence-electron chi connectivity index (χ2n) is 18.0. The van der Waals surface area contributed by atoms with Gasteiger partial charge in [-0.05, 0) is 144 Å². The Labute approximate surface area is 353 Å². The third-order valence-electron chi connectivity index (χ3n) is 14.4. The maximum atomic E-state index is 2.55. The predicted octanol–water partition coefficient (Wildman–Crippen LogP) is 16.3. The number of nitrogens with zero attached hydrogens (tertiary/aromatic N) is 1. The first-order chi connectivity index (χ1) is 29.5. The molecule has 0 N–H and O–H groups in total. The molecule has 0 amide bonds. The molecule has 1 spiro atoms. The van der Waals surface area contributed by atoms with Crippen LogP contribution in [-0.2, 0) is 10.8 Å². The molecule has 0 unspecified atom stereocenters. The molecule has 1 fully saturated rings. The van der Waals surface area contributed by atoms with Gasteiger partial charge in [-0.3, -0.25) is 0 Å². The summed E-state index contributed by atoms with van der Waals surface area (Å²) in [7, 11) is 0. The Morgan fingerprint density at radius 1 is 0.367 bits per heavy atom. The van der Waals surface area contributed by atoms with E-state index >= 15 is 0 Å². The molecule has 288 valence electrons. The van der Waals surface area contributed by atoms with Gasteiger partial charge in [0.15, 0.2) is 0 Å². The van der Waals surface area contributed by atoms with Crippen LogP contribution >= 0.6 is 0 Å². The van der Waals surface area contributed by atoms with Crippen LogP contribution in [0.1, 0.15) is 68.2 Å². The summed E-state index contributed by atoms with van der Waals surface area (Å²) in [6, 6.07) is 71.1. The number of hydrogen-bond acceptors (Lipinski definition) is 1. The highest BCUT2D eigenvalue weighted by Crippen LogP contribution is 2.57. The highest BCUT2D eigenvalue weighted by Gasteiger charge is 2.44. The van der Waals surface area contributed by atoms with Gasteiger partial charge in [-0.2, -0.15) is 0 Å². The van der Waals surface area contributed by atoms with Gasteiger partial charge in [0, 0.05) is 27.9 Å². The van der Waals surface area contributed by atoms with Crippen LogP contribution in [0, 0.1) is 0 Å². The molecule has 0 bridgehead atoms. The average molecular weight is 770 g/mol. The quantitative estimate of drug-likeness (QED) is 0.158. The van der Waals surface area contributed by atoms with E-state index in [4.69, 9.17) is 0 Å². The van der Waals surface area contributed by atoms with Crippen LogP contribution in [0.4, 0.5) is 17.1 Å². The lowest BCUT2D eigenvalue weighted by Gasteiger charge is -2.36. The summed E-state index contributed by atoms with van der Waals surface area (Å²) >= 11 is 0. The van der Waals surface area contributed by atoms with Crippen LogP contribution in [0.2, 0.25) is 0 Å². The first kappa shape index (κ1) is 35.3. The second kappa shape index (κ2) is 13.4. The maximum Gasteiger partial charge on any atom is 0.0467 e. The largest absolute Gasteiger partial charge is 0.310 e. The molecule has 1 nitrogen and oxygen atoms in total. The monoisotopic (exact) mass is 769 g/mol. The molecule has 1 saturated carbocycles. The minimum atomic E-state index is -0.104. The molecular formula is C59H47N. The van der Waals surface area contributed by atoms with E-state index in [2.05, 4.69) is 207 Å². The zero-order chi connectivity index (χ0) is 40.0. The van der Waals surface area contributed by atoms with Gasteiger partial charge in [0.1, 0.15) is 0 Å². The minimum absolute atomic E-state index is 0.0736. The summed E-state index contributed by atoms with van der Waals surface area (Å²) < 4.78 is 0. The molecule has 9 aromatic rings. The topological polar surface area (TPSA) is 3.24 Å². The number of rotatable bonds is 5. The van der Waals surface area contributed by atoms with Crippen molar-refractivity contribution in [2.24, 2.45) is 0 Å². The van der Waals surface area contributed by atoms with E-state index in [1.54, 1.807) is 0 Å². The first-order valence-electron chi connectivity index (χ1n) is 21.9. The molecule has 0 heterocycles. The van der Waals surface area contributed by atoms with Gasteiger partial charge in [0.2, 0.25) is 0 Å². The summed E-state index contributed by atoms with van der Waals surface area (Å²) in [4.78, 5) is 2.50. The molecule has 3 aliphatic carbocycles. The Bertz CT molecular complexity index is 3160. The molecule has 0 aromatic heterocycles. The summed E-state index contributed by atoms with van der Waals surface area (Å²) in [5.41, 5.74) is 19.9. The lowest BCUT2D eigenvalue weighted by Crippen LogP contribution is -2.28. The van der Waals surface area contributed by atoms with Gasteiger partial charge in [-0.15, -0.1) is 0 Å². The number of hydrogen-bond donors (Lipinski definition) is 0. The molecule has 0 radical (unpaired) electrons. The van der Waals surface area contributed by atoms with Gasteiger partial charge in [0.05, 0.1) is 0 Å². The molecule has 12 rings (SSSR count). The first-order valence-corrected chi connectivity index (χ1v) is 21.9. The molecule has 0 aliphatic heterocycles.